The Labute approximate surface area is 156 Å². The number of carbonyl (C=O) groups is 2. The first-order valence-corrected chi connectivity index (χ1v) is 9.39. The van der Waals surface area contributed by atoms with Gasteiger partial charge in [-0.1, -0.05) is 0 Å². The van der Waals surface area contributed by atoms with Crippen LogP contribution in [-0.4, -0.2) is 45.4 Å². The lowest BCUT2D eigenvalue weighted by Crippen LogP contribution is -2.34. The number of hydrogen-bond acceptors (Lipinski definition) is 5. The largest absolute Gasteiger partial charge is 0.449 e. The number of halogens is 1. The summed E-state index contributed by atoms with van der Waals surface area (Å²) < 4.78 is 44.8. The molecule has 0 aromatic heterocycles. The Hall–Kier alpha value is -2.94. The van der Waals surface area contributed by atoms with Crippen molar-refractivity contribution >= 4 is 27.6 Å². The maximum absolute atomic E-state index is 12.9. The van der Waals surface area contributed by atoms with E-state index in [0.717, 1.165) is 24.3 Å². The minimum atomic E-state index is -3.89. The third-order valence-corrected chi connectivity index (χ3v) is 4.97. The van der Waals surface area contributed by atoms with E-state index in [2.05, 4.69) is 4.72 Å². The monoisotopic (exact) mass is 394 g/mol. The number of nitrogens with zero attached hydrogens (tertiary/aromatic N) is 1. The lowest BCUT2D eigenvalue weighted by Gasteiger charge is -2.17. The van der Waals surface area contributed by atoms with Crippen molar-refractivity contribution in [2.24, 2.45) is 0 Å². The van der Waals surface area contributed by atoms with E-state index >= 15 is 0 Å². The molecule has 0 saturated carbocycles. The number of sulfonamides is 1. The fraction of sp³-hybridized carbons (Fsp3) is 0.222. The summed E-state index contributed by atoms with van der Waals surface area (Å²) in [6, 6.07) is 9.90. The number of ether oxygens (including phenoxy) is 1. The highest BCUT2D eigenvalue weighted by atomic mass is 32.2. The highest BCUT2D eigenvalue weighted by Gasteiger charge is 2.20. The van der Waals surface area contributed by atoms with E-state index in [4.69, 9.17) is 4.74 Å². The van der Waals surface area contributed by atoms with Crippen LogP contribution in [0.3, 0.4) is 0 Å². The van der Waals surface area contributed by atoms with Crippen molar-refractivity contribution in [1.29, 1.82) is 0 Å². The zero-order chi connectivity index (χ0) is 20.2. The molecule has 1 atom stereocenters. The molecule has 0 spiro atoms. The topological polar surface area (TPSA) is 92.8 Å². The van der Waals surface area contributed by atoms with Gasteiger partial charge in [-0.2, -0.15) is 0 Å². The van der Waals surface area contributed by atoms with Crippen LogP contribution in [0.4, 0.5) is 10.1 Å². The molecule has 0 radical (unpaired) electrons. The van der Waals surface area contributed by atoms with E-state index in [1.54, 1.807) is 14.1 Å². The van der Waals surface area contributed by atoms with Gasteiger partial charge in [0.15, 0.2) is 6.10 Å². The molecule has 0 unspecified atom stereocenters. The summed E-state index contributed by atoms with van der Waals surface area (Å²) in [5.41, 5.74) is 0.381. The number of rotatable bonds is 6. The fourth-order valence-electron chi connectivity index (χ4n) is 2.14. The van der Waals surface area contributed by atoms with Crippen LogP contribution in [0.25, 0.3) is 0 Å². The first-order valence-electron chi connectivity index (χ1n) is 7.91. The molecule has 0 heterocycles. The summed E-state index contributed by atoms with van der Waals surface area (Å²) >= 11 is 0. The zero-order valence-electron chi connectivity index (χ0n) is 15.0. The molecule has 0 saturated heterocycles. The number of nitrogens with one attached hydrogen (secondary N) is 1. The highest BCUT2D eigenvalue weighted by molar-refractivity contribution is 7.92. The van der Waals surface area contributed by atoms with Gasteiger partial charge in [0.2, 0.25) is 0 Å². The van der Waals surface area contributed by atoms with Crippen molar-refractivity contribution in [3.63, 3.8) is 0 Å². The van der Waals surface area contributed by atoms with Crippen molar-refractivity contribution in [1.82, 2.24) is 4.90 Å². The van der Waals surface area contributed by atoms with Gasteiger partial charge in [-0.15, -0.1) is 0 Å². The Morgan fingerprint density at radius 2 is 1.59 bits per heavy atom. The molecule has 1 amide bonds. The minimum Gasteiger partial charge on any atom is -0.449 e. The van der Waals surface area contributed by atoms with Crippen molar-refractivity contribution in [3.05, 3.63) is 59.9 Å². The van der Waals surface area contributed by atoms with Gasteiger partial charge in [-0.25, -0.2) is 17.6 Å². The van der Waals surface area contributed by atoms with Crippen LogP contribution in [0.1, 0.15) is 17.3 Å². The molecule has 0 aliphatic carbocycles. The van der Waals surface area contributed by atoms with Crippen LogP contribution in [0, 0.1) is 5.82 Å². The molecule has 7 nitrogen and oxygen atoms in total. The summed E-state index contributed by atoms with van der Waals surface area (Å²) in [5.74, 6) is -1.60. The second-order valence-electron chi connectivity index (χ2n) is 5.92. The lowest BCUT2D eigenvalue weighted by atomic mass is 10.2. The Morgan fingerprint density at radius 3 is 2.11 bits per heavy atom. The molecular formula is C18H19FN2O5S. The molecule has 144 valence electrons. The standard InChI is InChI=1S/C18H19FN2O5S/c1-12(17(22)21(2)3)26-18(23)13-4-8-15(9-5-13)20-27(24,25)16-10-6-14(19)7-11-16/h4-12,20H,1-3H3/t12-/m0/s1. The first kappa shape index (κ1) is 20.4. The number of carbonyl (C=O) groups excluding carboxylic acids is 2. The predicted molar refractivity (Wildman–Crippen MR) is 97.2 cm³/mol. The molecule has 2 aromatic carbocycles. The Kier molecular flexibility index (Phi) is 6.17. The third kappa shape index (κ3) is 5.27. The molecule has 2 rings (SSSR count). The maximum Gasteiger partial charge on any atom is 0.338 e. The Balaban J connectivity index is 2.07. The van der Waals surface area contributed by atoms with Crippen LogP contribution >= 0.6 is 0 Å². The molecular weight excluding hydrogens is 375 g/mol. The van der Waals surface area contributed by atoms with Crippen LogP contribution in [0.2, 0.25) is 0 Å². The van der Waals surface area contributed by atoms with Crippen molar-refractivity contribution in [2.45, 2.75) is 17.9 Å². The lowest BCUT2D eigenvalue weighted by molar-refractivity contribution is -0.137. The molecule has 2 aromatic rings. The average Bonchev–Trinajstić information content (AvgIpc) is 2.61. The van der Waals surface area contributed by atoms with Crippen LogP contribution in [-0.2, 0) is 19.6 Å². The Bertz CT molecular complexity index is 925. The SMILES string of the molecule is C[C@H](OC(=O)c1ccc(NS(=O)(=O)c2ccc(F)cc2)cc1)C(=O)N(C)C. The third-order valence-electron chi connectivity index (χ3n) is 3.57. The van der Waals surface area contributed by atoms with Crippen molar-refractivity contribution < 1.29 is 27.1 Å². The first-order chi connectivity index (χ1) is 12.6. The fourth-order valence-corrected chi connectivity index (χ4v) is 3.20. The van der Waals surface area contributed by atoms with Crippen LogP contribution in [0.5, 0.6) is 0 Å². The number of amides is 1. The number of esters is 1. The molecule has 0 aliphatic rings. The highest BCUT2D eigenvalue weighted by Crippen LogP contribution is 2.17. The zero-order valence-corrected chi connectivity index (χ0v) is 15.8. The van der Waals surface area contributed by atoms with Crippen molar-refractivity contribution in [3.8, 4) is 0 Å². The molecule has 0 aliphatic heterocycles. The maximum atomic E-state index is 12.9. The smallest absolute Gasteiger partial charge is 0.338 e. The van der Waals surface area contributed by atoms with E-state index in [-0.39, 0.29) is 22.1 Å². The van der Waals surface area contributed by atoms with Gasteiger partial charge < -0.3 is 9.64 Å². The molecule has 1 N–H and O–H groups in total. The van der Waals surface area contributed by atoms with Gasteiger partial charge in [0, 0.05) is 19.8 Å². The number of hydrogen-bond donors (Lipinski definition) is 1. The summed E-state index contributed by atoms with van der Waals surface area (Å²) in [7, 11) is -0.785. The molecule has 0 bridgehead atoms. The summed E-state index contributed by atoms with van der Waals surface area (Å²) in [4.78, 5) is 25.0. The van der Waals surface area contributed by atoms with Gasteiger partial charge in [0.1, 0.15) is 5.82 Å². The van der Waals surface area contributed by atoms with Gasteiger partial charge in [0.05, 0.1) is 10.5 Å². The van der Waals surface area contributed by atoms with Crippen LogP contribution < -0.4 is 4.72 Å². The molecule has 9 heteroatoms. The van der Waals surface area contributed by atoms with Crippen LogP contribution in [0.15, 0.2) is 53.4 Å². The molecule has 27 heavy (non-hydrogen) atoms. The quantitative estimate of drug-likeness (QED) is 0.759. The van der Waals surface area contributed by atoms with Gasteiger partial charge in [-0.05, 0) is 55.5 Å². The second-order valence-corrected chi connectivity index (χ2v) is 7.60. The second kappa shape index (κ2) is 8.17. The Morgan fingerprint density at radius 1 is 1.04 bits per heavy atom. The number of likely N-dealkylation sites (N-methyl/N-ethyl adjacent to an activating group) is 1. The predicted octanol–water partition coefficient (Wildman–Crippen LogP) is 2.26. The number of benzene rings is 2. The van der Waals surface area contributed by atoms with E-state index in [0.29, 0.717) is 0 Å². The summed E-state index contributed by atoms with van der Waals surface area (Å²) in [6.45, 7) is 1.46. The van der Waals surface area contributed by atoms with E-state index < -0.39 is 27.9 Å². The summed E-state index contributed by atoms with van der Waals surface area (Å²) in [5, 5.41) is 0. The minimum absolute atomic E-state index is 0.0941. The van der Waals surface area contributed by atoms with Gasteiger partial charge in [0.25, 0.3) is 15.9 Å². The van der Waals surface area contributed by atoms with Gasteiger partial charge in [-0.3, -0.25) is 9.52 Å². The number of anilines is 1. The van der Waals surface area contributed by atoms with Gasteiger partial charge >= 0.3 is 5.97 Å². The normalized spacial score (nSPS) is 12.1. The van der Waals surface area contributed by atoms with E-state index in [1.165, 1.54) is 36.1 Å². The van der Waals surface area contributed by atoms with Crippen molar-refractivity contribution in [2.75, 3.05) is 18.8 Å². The van der Waals surface area contributed by atoms with E-state index in [9.17, 15) is 22.4 Å². The average molecular weight is 394 g/mol. The van der Waals surface area contributed by atoms with E-state index in [1.807, 2.05) is 0 Å². The summed E-state index contributed by atoms with van der Waals surface area (Å²) in [6.07, 6.45) is -0.941. The molecule has 0 fully saturated rings.